The van der Waals surface area contributed by atoms with Crippen molar-refractivity contribution < 1.29 is 13.9 Å². The van der Waals surface area contributed by atoms with Crippen molar-refractivity contribution >= 4 is 16.9 Å². The van der Waals surface area contributed by atoms with Crippen LogP contribution >= 0.6 is 0 Å². The summed E-state index contributed by atoms with van der Waals surface area (Å²) in [6.07, 6.45) is 3.48. The van der Waals surface area contributed by atoms with E-state index in [1.165, 1.54) is 23.8 Å². The van der Waals surface area contributed by atoms with Gasteiger partial charge in [0.15, 0.2) is 0 Å². The fraction of sp³-hybridized carbons (Fsp3) is 0.176. The van der Waals surface area contributed by atoms with Gasteiger partial charge in [-0.2, -0.15) is 0 Å². The molecule has 3 aromatic rings. The third-order valence-electron chi connectivity index (χ3n) is 3.82. The van der Waals surface area contributed by atoms with E-state index < -0.39 is 11.8 Å². The first-order chi connectivity index (χ1) is 11.0. The minimum absolute atomic E-state index is 0.117. The highest BCUT2D eigenvalue weighted by atomic mass is 19.1. The molecule has 0 bridgehead atoms. The van der Waals surface area contributed by atoms with Gasteiger partial charge in [-0.3, -0.25) is 4.79 Å². The van der Waals surface area contributed by atoms with Gasteiger partial charge in [0.2, 0.25) is 0 Å². The van der Waals surface area contributed by atoms with Crippen molar-refractivity contribution in [3.05, 3.63) is 70.0 Å². The van der Waals surface area contributed by atoms with Crippen LogP contribution < -0.4 is 5.56 Å². The van der Waals surface area contributed by atoms with Crippen LogP contribution in [0, 0.1) is 5.82 Å². The average molecular weight is 314 g/mol. The molecule has 118 valence electrons. The van der Waals surface area contributed by atoms with Gasteiger partial charge in [-0.05, 0) is 29.8 Å². The van der Waals surface area contributed by atoms with Crippen LogP contribution in [0.5, 0.6) is 0 Å². The third-order valence-corrected chi connectivity index (χ3v) is 3.82. The number of nitrogens with zero attached hydrogens (tertiary/aromatic N) is 2. The normalized spacial score (nSPS) is 10.9. The average Bonchev–Trinajstić information content (AvgIpc) is 2.92. The zero-order chi connectivity index (χ0) is 16.6. The third kappa shape index (κ3) is 2.63. The molecule has 3 rings (SSSR count). The molecule has 0 aliphatic rings. The van der Waals surface area contributed by atoms with Gasteiger partial charge in [-0.25, -0.2) is 9.18 Å². The van der Waals surface area contributed by atoms with Gasteiger partial charge < -0.3 is 13.9 Å². The molecule has 0 radical (unpaired) electrons. The Labute approximate surface area is 131 Å². The molecular weight excluding hydrogens is 299 g/mol. The van der Waals surface area contributed by atoms with Gasteiger partial charge in [0, 0.05) is 24.8 Å². The summed E-state index contributed by atoms with van der Waals surface area (Å²) in [6, 6.07) is 7.56. The predicted molar refractivity (Wildman–Crippen MR) is 84.0 cm³/mol. The van der Waals surface area contributed by atoms with E-state index in [1.807, 2.05) is 18.3 Å². The van der Waals surface area contributed by atoms with Gasteiger partial charge in [0.05, 0.1) is 19.2 Å². The van der Waals surface area contributed by atoms with Gasteiger partial charge >= 0.3 is 5.97 Å². The summed E-state index contributed by atoms with van der Waals surface area (Å²) in [4.78, 5) is 24.4. The van der Waals surface area contributed by atoms with E-state index in [9.17, 15) is 14.0 Å². The van der Waals surface area contributed by atoms with Crippen LogP contribution in [0.1, 0.15) is 15.9 Å². The van der Waals surface area contributed by atoms with E-state index in [4.69, 9.17) is 0 Å². The maximum Gasteiger partial charge on any atom is 0.338 e. The number of carbonyl (C=O) groups is 1. The number of carbonyl (C=O) groups excluding carboxylic acids is 1. The van der Waals surface area contributed by atoms with Gasteiger partial charge in [-0.15, -0.1) is 0 Å². The number of ether oxygens (including phenoxy) is 1. The Morgan fingerprint density at radius 3 is 2.70 bits per heavy atom. The molecule has 0 aliphatic heterocycles. The minimum Gasteiger partial charge on any atom is -0.465 e. The first-order valence-electron chi connectivity index (χ1n) is 7.02. The van der Waals surface area contributed by atoms with Crippen molar-refractivity contribution in [2.24, 2.45) is 7.05 Å². The van der Waals surface area contributed by atoms with E-state index in [1.54, 1.807) is 17.8 Å². The van der Waals surface area contributed by atoms with E-state index in [-0.39, 0.29) is 17.7 Å². The maximum absolute atomic E-state index is 13.4. The summed E-state index contributed by atoms with van der Waals surface area (Å²) in [5.41, 5.74) is 1.05. The molecule has 0 spiro atoms. The number of hydrogen-bond donors (Lipinski definition) is 0. The van der Waals surface area contributed by atoms with Crippen molar-refractivity contribution in [1.82, 2.24) is 9.13 Å². The molecule has 5 nitrogen and oxygen atoms in total. The van der Waals surface area contributed by atoms with Crippen molar-refractivity contribution in [3.63, 3.8) is 0 Å². The molecule has 0 N–H and O–H groups in total. The van der Waals surface area contributed by atoms with Crippen LogP contribution in [0.25, 0.3) is 10.9 Å². The van der Waals surface area contributed by atoms with Crippen LogP contribution in [0.15, 0.2) is 47.5 Å². The van der Waals surface area contributed by atoms with Crippen LogP contribution in [0.3, 0.4) is 0 Å². The number of aromatic nitrogens is 2. The van der Waals surface area contributed by atoms with Crippen molar-refractivity contribution in [3.8, 4) is 0 Å². The first-order valence-corrected chi connectivity index (χ1v) is 7.02. The van der Waals surface area contributed by atoms with Crippen LogP contribution in [0.2, 0.25) is 0 Å². The Hall–Kier alpha value is -2.89. The molecule has 6 heteroatoms. The minimum atomic E-state index is -0.632. The van der Waals surface area contributed by atoms with Gasteiger partial charge in [-0.1, -0.05) is 6.07 Å². The van der Waals surface area contributed by atoms with Crippen LogP contribution in [-0.4, -0.2) is 22.2 Å². The first kappa shape index (κ1) is 15.0. The quantitative estimate of drug-likeness (QED) is 0.697. The van der Waals surface area contributed by atoms with E-state index in [0.717, 1.165) is 11.5 Å². The molecule has 1 aromatic carbocycles. The lowest BCUT2D eigenvalue weighted by atomic mass is 10.1. The molecule has 23 heavy (non-hydrogen) atoms. The van der Waals surface area contributed by atoms with E-state index >= 15 is 0 Å². The Balaban J connectivity index is 2.09. The monoisotopic (exact) mass is 314 g/mol. The fourth-order valence-corrected chi connectivity index (χ4v) is 2.63. The lowest BCUT2D eigenvalue weighted by Gasteiger charge is -2.11. The number of fused-ring (bicyclic) bond motifs is 1. The zero-order valence-electron chi connectivity index (χ0n) is 12.7. The number of aryl methyl sites for hydroxylation is 1. The molecule has 0 atom stereocenters. The second-order valence-corrected chi connectivity index (χ2v) is 5.27. The smallest absolute Gasteiger partial charge is 0.338 e. The highest BCUT2D eigenvalue weighted by molar-refractivity contribution is 5.91. The topological polar surface area (TPSA) is 53.2 Å². The van der Waals surface area contributed by atoms with Crippen molar-refractivity contribution in [1.29, 1.82) is 0 Å². The summed E-state index contributed by atoms with van der Waals surface area (Å²) in [5.74, 6) is -1.16. The van der Waals surface area contributed by atoms with E-state index in [0.29, 0.717) is 11.1 Å². The van der Waals surface area contributed by atoms with Crippen LogP contribution in [0.4, 0.5) is 4.39 Å². The second-order valence-electron chi connectivity index (χ2n) is 5.27. The number of halogens is 1. The lowest BCUT2D eigenvalue weighted by molar-refractivity contribution is 0.0598. The summed E-state index contributed by atoms with van der Waals surface area (Å²) < 4.78 is 21.3. The molecule has 2 aromatic heterocycles. The van der Waals surface area contributed by atoms with Gasteiger partial charge in [0.1, 0.15) is 11.3 Å². The predicted octanol–water partition coefficient (Wildman–Crippen LogP) is 2.31. The lowest BCUT2D eigenvalue weighted by Crippen LogP contribution is -2.22. The number of benzene rings is 1. The standard InChI is InChI=1S/C17H15FN2O3/c1-19-7-5-11-6-8-20(16(21)15(11)19)10-12-3-4-13(18)9-14(12)17(22)23-2/h3-9H,10H2,1-2H3. The molecule has 0 amide bonds. The maximum atomic E-state index is 13.4. The molecule has 0 fully saturated rings. The zero-order valence-corrected chi connectivity index (χ0v) is 12.7. The number of pyridine rings is 1. The molecule has 0 saturated carbocycles. The van der Waals surface area contributed by atoms with Gasteiger partial charge in [0.25, 0.3) is 5.56 Å². The molecule has 0 unspecified atom stereocenters. The second kappa shape index (κ2) is 5.72. The number of hydrogen-bond acceptors (Lipinski definition) is 3. The Morgan fingerprint density at radius 2 is 1.96 bits per heavy atom. The summed E-state index contributed by atoms with van der Waals surface area (Å²) >= 11 is 0. The highest BCUT2D eigenvalue weighted by Gasteiger charge is 2.15. The largest absolute Gasteiger partial charge is 0.465 e. The number of methoxy groups -OCH3 is 1. The molecule has 0 aliphatic carbocycles. The van der Waals surface area contributed by atoms with E-state index in [2.05, 4.69) is 4.74 Å². The highest BCUT2D eigenvalue weighted by Crippen LogP contribution is 2.15. The molecule has 0 saturated heterocycles. The molecule has 2 heterocycles. The number of rotatable bonds is 3. The molecular formula is C17H15FN2O3. The Morgan fingerprint density at radius 1 is 1.22 bits per heavy atom. The van der Waals surface area contributed by atoms with Crippen LogP contribution in [-0.2, 0) is 18.3 Å². The fourth-order valence-electron chi connectivity index (χ4n) is 2.63. The Bertz CT molecular complexity index is 956. The summed E-state index contributed by atoms with van der Waals surface area (Å²) in [7, 11) is 3.03. The van der Waals surface area contributed by atoms with Crippen molar-refractivity contribution in [2.75, 3.05) is 7.11 Å². The SMILES string of the molecule is COC(=O)c1cc(F)ccc1Cn1ccc2ccn(C)c2c1=O. The number of esters is 1. The Kier molecular flexibility index (Phi) is 3.73. The summed E-state index contributed by atoms with van der Waals surface area (Å²) in [6.45, 7) is 0.157. The summed E-state index contributed by atoms with van der Waals surface area (Å²) in [5, 5.41) is 0.848. The van der Waals surface area contributed by atoms with Crippen molar-refractivity contribution in [2.45, 2.75) is 6.54 Å².